The molecule has 0 atom stereocenters. The van der Waals surface area contributed by atoms with E-state index in [4.69, 9.17) is 4.42 Å². The van der Waals surface area contributed by atoms with Crippen molar-refractivity contribution in [2.75, 3.05) is 29.6 Å². The molecule has 0 saturated carbocycles. The molecule has 0 unspecified atom stereocenters. The fraction of sp³-hybridized carbons (Fsp3) is 0.0645. The molecule has 4 aromatic carbocycles. The van der Waals surface area contributed by atoms with Crippen molar-refractivity contribution >= 4 is 50.7 Å². The van der Waals surface area contributed by atoms with Crippen molar-refractivity contribution in [3.05, 3.63) is 109 Å². The number of fused-ring (bicyclic) bond motifs is 3. The molecule has 186 valence electrons. The number of carbonyl (C=O) groups excluding carboxylic acids is 1. The normalized spacial score (nSPS) is 11.0. The van der Waals surface area contributed by atoms with E-state index in [1.54, 1.807) is 6.07 Å². The summed E-state index contributed by atoms with van der Waals surface area (Å²) >= 11 is 0. The third-order valence-corrected chi connectivity index (χ3v) is 6.36. The van der Waals surface area contributed by atoms with Gasteiger partial charge in [0.2, 0.25) is 0 Å². The highest BCUT2D eigenvalue weighted by Gasteiger charge is 2.14. The van der Waals surface area contributed by atoms with Crippen LogP contribution < -0.4 is 15.5 Å². The molecule has 38 heavy (non-hydrogen) atoms. The molecule has 0 fully saturated rings. The minimum atomic E-state index is -0.172. The predicted octanol–water partition coefficient (Wildman–Crippen LogP) is 7.10. The van der Waals surface area contributed by atoms with Gasteiger partial charge in [-0.25, -0.2) is 9.97 Å². The largest absolute Gasteiger partial charge is 0.455 e. The van der Waals surface area contributed by atoms with E-state index < -0.39 is 0 Å². The first-order chi connectivity index (χ1) is 18.5. The lowest BCUT2D eigenvalue weighted by molar-refractivity contribution is 0.102. The number of para-hydroxylation sites is 2. The Bertz CT molecular complexity index is 1790. The first-order valence-electron chi connectivity index (χ1n) is 12.2. The summed E-state index contributed by atoms with van der Waals surface area (Å²) in [5, 5.41) is 8.42. The Morgan fingerprint density at radius 2 is 1.58 bits per heavy atom. The van der Waals surface area contributed by atoms with Gasteiger partial charge in [0.25, 0.3) is 5.91 Å². The second kappa shape index (κ2) is 9.71. The summed E-state index contributed by atoms with van der Waals surface area (Å²) in [6, 6.07) is 31.0. The van der Waals surface area contributed by atoms with Crippen LogP contribution in [0.15, 0.2) is 108 Å². The van der Waals surface area contributed by atoms with E-state index in [0.717, 1.165) is 44.6 Å². The third kappa shape index (κ3) is 4.53. The quantitative estimate of drug-likeness (QED) is 0.254. The highest BCUT2D eigenvalue weighted by molar-refractivity contribution is 6.09. The third-order valence-electron chi connectivity index (χ3n) is 6.36. The van der Waals surface area contributed by atoms with Crippen LogP contribution in [0.5, 0.6) is 0 Å². The molecule has 6 rings (SSSR count). The standard InChI is InChI=1S/C31H25N5O2/c1-36(2)23-11-5-8-20(16-23)31(37)35-22-10-6-9-21(17-22)34-29-18-27(32-19-33-29)26-14-7-13-25-24-12-3-4-15-28(24)38-30(25)26/h3-19H,1-2H3,(H,35,37)(H,32,33,34). The Morgan fingerprint density at radius 1 is 0.789 bits per heavy atom. The number of carbonyl (C=O) groups is 1. The lowest BCUT2D eigenvalue weighted by atomic mass is 10.1. The fourth-order valence-corrected chi connectivity index (χ4v) is 4.47. The van der Waals surface area contributed by atoms with Crippen LogP contribution in [0.25, 0.3) is 33.2 Å². The van der Waals surface area contributed by atoms with Gasteiger partial charge < -0.3 is 20.0 Å². The molecule has 0 aliphatic heterocycles. The molecule has 0 spiro atoms. The molecule has 7 heteroatoms. The number of nitrogens with one attached hydrogen (secondary N) is 2. The molecular formula is C31H25N5O2. The lowest BCUT2D eigenvalue weighted by Crippen LogP contribution is -2.14. The van der Waals surface area contributed by atoms with E-state index in [1.165, 1.54) is 6.33 Å². The van der Waals surface area contributed by atoms with Gasteiger partial charge >= 0.3 is 0 Å². The number of amides is 1. The highest BCUT2D eigenvalue weighted by Crippen LogP contribution is 2.35. The number of furan rings is 1. The molecule has 2 aromatic heterocycles. The highest BCUT2D eigenvalue weighted by atomic mass is 16.3. The van der Waals surface area contributed by atoms with Crippen molar-refractivity contribution in [3.8, 4) is 11.3 Å². The van der Waals surface area contributed by atoms with Crippen LogP contribution in [0.2, 0.25) is 0 Å². The Kier molecular flexibility index (Phi) is 5.94. The van der Waals surface area contributed by atoms with Gasteiger partial charge in [-0.05, 0) is 48.5 Å². The second-order valence-corrected chi connectivity index (χ2v) is 9.17. The Hall–Kier alpha value is -5.17. The number of nitrogens with zero attached hydrogens (tertiary/aromatic N) is 3. The average molecular weight is 500 g/mol. The zero-order chi connectivity index (χ0) is 26.1. The summed E-state index contributed by atoms with van der Waals surface area (Å²) in [5.41, 5.74) is 6.30. The van der Waals surface area contributed by atoms with Crippen molar-refractivity contribution < 1.29 is 9.21 Å². The zero-order valence-electron chi connectivity index (χ0n) is 21.0. The monoisotopic (exact) mass is 499 g/mol. The average Bonchev–Trinajstić information content (AvgIpc) is 3.32. The predicted molar refractivity (Wildman–Crippen MR) is 153 cm³/mol. The molecule has 0 aliphatic rings. The van der Waals surface area contributed by atoms with Crippen LogP contribution in [0, 0.1) is 0 Å². The van der Waals surface area contributed by atoms with E-state index in [1.807, 2.05) is 97.9 Å². The topological polar surface area (TPSA) is 83.3 Å². The lowest BCUT2D eigenvalue weighted by Gasteiger charge is -2.14. The number of rotatable bonds is 6. The molecule has 0 saturated heterocycles. The van der Waals surface area contributed by atoms with E-state index in [9.17, 15) is 4.79 Å². The number of hydrogen-bond acceptors (Lipinski definition) is 6. The molecule has 1 amide bonds. The van der Waals surface area contributed by atoms with Crippen molar-refractivity contribution in [2.45, 2.75) is 0 Å². The molecule has 0 aliphatic carbocycles. The van der Waals surface area contributed by atoms with Crippen LogP contribution in [0.3, 0.4) is 0 Å². The Labute approximate surface area is 219 Å². The summed E-state index contributed by atoms with van der Waals surface area (Å²) in [7, 11) is 3.89. The number of benzene rings is 4. The Morgan fingerprint density at radius 3 is 2.47 bits per heavy atom. The molecule has 7 nitrogen and oxygen atoms in total. The van der Waals surface area contributed by atoms with E-state index in [2.05, 4.69) is 32.7 Å². The van der Waals surface area contributed by atoms with Crippen molar-refractivity contribution in [3.63, 3.8) is 0 Å². The summed E-state index contributed by atoms with van der Waals surface area (Å²) in [6.45, 7) is 0. The summed E-state index contributed by atoms with van der Waals surface area (Å²) in [5.74, 6) is 0.458. The number of hydrogen-bond donors (Lipinski definition) is 2. The van der Waals surface area contributed by atoms with Crippen LogP contribution in [-0.2, 0) is 0 Å². The first-order valence-corrected chi connectivity index (χ1v) is 12.2. The smallest absolute Gasteiger partial charge is 0.255 e. The minimum Gasteiger partial charge on any atom is -0.455 e. The molecular weight excluding hydrogens is 474 g/mol. The maximum atomic E-state index is 12.9. The van der Waals surface area contributed by atoms with Crippen LogP contribution in [0.4, 0.5) is 22.9 Å². The van der Waals surface area contributed by atoms with Crippen LogP contribution in [-0.4, -0.2) is 30.0 Å². The maximum absolute atomic E-state index is 12.9. The van der Waals surface area contributed by atoms with Crippen molar-refractivity contribution in [1.29, 1.82) is 0 Å². The van der Waals surface area contributed by atoms with Gasteiger partial charge in [0, 0.05) is 59.1 Å². The zero-order valence-corrected chi connectivity index (χ0v) is 21.0. The van der Waals surface area contributed by atoms with Crippen molar-refractivity contribution in [1.82, 2.24) is 9.97 Å². The van der Waals surface area contributed by atoms with E-state index in [0.29, 0.717) is 17.1 Å². The van der Waals surface area contributed by atoms with Gasteiger partial charge in [-0.3, -0.25) is 4.79 Å². The summed E-state index contributed by atoms with van der Waals surface area (Å²) < 4.78 is 6.18. The molecule has 6 aromatic rings. The van der Waals surface area contributed by atoms with Gasteiger partial charge in [0.15, 0.2) is 0 Å². The van der Waals surface area contributed by atoms with E-state index >= 15 is 0 Å². The second-order valence-electron chi connectivity index (χ2n) is 9.17. The minimum absolute atomic E-state index is 0.172. The SMILES string of the molecule is CN(C)c1cccc(C(=O)Nc2cccc(Nc3cc(-c4cccc5c4oc4ccccc45)ncn3)c2)c1. The fourth-order valence-electron chi connectivity index (χ4n) is 4.47. The molecule has 0 bridgehead atoms. The molecule has 2 heterocycles. The molecule has 0 radical (unpaired) electrons. The van der Waals surface area contributed by atoms with Crippen LogP contribution >= 0.6 is 0 Å². The Balaban J connectivity index is 1.25. The van der Waals surface area contributed by atoms with E-state index in [-0.39, 0.29) is 5.91 Å². The number of aromatic nitrogens is 2. The van der Waals surface area contributed by atoms with Gasteiger partial charge in [-0.15, -0.1) is 0 Å². The first kappa shape index (κ1) is 23.2. The van der Waals surface area contributed by atoms with Gasteiger partial charge in [0.05, 0.1) is 5.69 Å². The van der Waals surface area contributed by atoms with Gasteiger partial charge in [-0.1, -0.05) is 42.5 Å². The van der Waals surface area contributed by atoms with Gasteiger partial charge in [0.1, 0.15) is 23.3 Å². The summed E-state index contributed by atoms with van der Waals surface area (Å²) in [6.07, 6.45) is 1.53. The van der Waals surface area contributed by atoms with Crippen LogP contribution in [0.1, 0.15) is 10.4 Å². The maximum Gasteiger partial charge on any atom is 0.255 e. The van der Waals surface area contributed by atoms with Crippen molar-refractivity contribution in [2.24, 2.45) is 0 Å². The molecule has 2 N–H and O–H groups in total. The summed E-state index contributed by atoms with van der Waals surface area (Å²) in [4.78, 5) is 23.7. The number of anilines is 4. The van der Waals surface area contributed by atoms with Gasteiger partial charge in [-0.2, -0.15) is 0 Å².